The van der Waals surface area contributed by atoms with Gasteiger partial charge in [-0.3, -0.25) is 4.99 Å². The van der Waals surface area contributed by atoms with E-state index in [2.05, 4.69) is 60.1 Å². The van der Waals surface area contributed by atoms with Gasteiger partial charge < -0.3 is 15.1 Å². The molecule has 1 unspecified atom stereocenters. The summed E-state index contributed by atoms with van der Waals surface area (Å²) in [6.07, 6.45) is 2.22. The summed E-state index contributed by atoms with van der Waals surface area (Å²) >= 11 is 1.77. The highest BCUT2D eigenvalue weighted by atomic mass is 32.1. The first-order valence-corrected chi connectivity index (χ1v) is 10.9. The minimum atomic E-state index is 0.133. The van der Waals surface area contributed by atoms with E-state index in [0.29, 0.717) is 0 Å². The van der Waals surface area contributed by atoms with Crippen LogP contribution in [0.1, 0.15) is 51.7 Å². The van der Waals surface area contributed by atoms with E-state index in [1.807, 2.05) is 7.05 Å². The van der Waals surface area contributed by atoms with Crippen LogP contribution >= 0.6 is 11.3 Å². The van der Waals surface area contributed by atoms with Crippen molar-refractivity contribution in [2.24, 2.45) is 10.9 Å². The fourth-order valence-electron chi connectivity index (χ4n) is 3.40. The quantitative estimate of drug-likeness (QED) is 0.583. The van der Waals surface area contributed by atoms with Crippen molar-refractivity contribution in [1.82, 2.24) is 20.1 Å². The Morgan fingerprint density at radius 1 is 1.38 bits per heavy atom. The number of likely N-dealkylation sites (tertiary alicyclic amines) is 1. The summed E-state index contributed by atoms with van der Waals surface area (Å²) in [5.41, 5.74) is 1.33. The Bertz CT molecular complexity index is 571. The summed E-state index contributed by atoms with van der Waals surface area (Å²) in [6.45, 7) is 17.8. The number of thiazole rings is 1. The largest absolute Gasteiger partial charge is 0.356 e. The van der Waals surface area contributed by atoms with Crippen LogP contribution in [0.3, 0.4) is 0 Å². The third kappa shape index (κ3) is 5.95. The van der Waals surface area contributed by atoms with Crippen LogP contribution in [-0.4, -0.2) is 67.1 Å². The molecule has 2 rings (SSSR count). The van der Waals surface area contributed by atoms with E-state index in [1.165, 1.54) is 23.7 Å². The zero-order valence-electron chi connectivity index (χ0n) is 17.5. The van der Waals surface area contributed by atoms with E-state index < -0.39 is 0 Å². The van der Waals surface area contributed by atoms with E-state index in [4.69, 9.17) is 4.98 Å². The maximum absolute atomic E-state index is 4.78. The highest BCUT2D eigenvalue weighted by Gasteiger charge is 2.26. The van der Waals surface area contributed by atoms with E-state index in [0.717, 1.165) is 51.0 Å². The minimum Gasteiger partial charge on any atom is -0.356 e. The average molecular weight is 380 g/mol. The Balaban J connectivity index is 1.79. The molecule has 1 aromatic heterocycles. The van der Waals surface area contributed by atoms with Gasteiger partial charge in [-0.25, -0.2) is 4.98 Å². The summed E-state index contributed by atoms with van der Waals surface area (Å²) in [5.74, 6) is 1.79. The molecule has 1 saturated heterocycles. The predicted octanol–water partition coefficient (Wildman–Crippen LogP) is 3.22. The molecule has 1 fully saturated rings. The Morgan fingerprint density at radius 3 is 2.69 bits per heavy atom. The van der Waals surface area contributed by atoms with Gasteiger partial charge in [0.1, 0.15) is 0 Å². The molecule has 5 nitrogen and oxygen atoms in total. The number of rotatable bonds is 7. The third-order valence-electron chi connectivity index (χ3n) is 5.15. The molecule has 148 valence electrons. The number of nitrogens with zero attached hydrogens (tertiary/aromatic N) is 4. The monoisotopic (exact) mass is 379 g/mol. The summed E-state index contributed by atoms with van der Waals surface area (Å²) in [5, 5.41) is 6.94. The molecule has 0 amide bonds. The van der Waals surface area contributed by atoms with Gasteiger partial charge in [0.2, 0.25) is 0 Å². The third-order valence-corrected chi connectivity index (χ3v) is 6.06. The van der Waals surface area contributed by atoms with Crippen LogP contribution in [0.4, 0.5) is 0 Å². The van der Waals surface area contributed by atoms with Gasteiger partial charge in [0.05, 0.1) is 10.7 Å². The van der Waals surface area contributed by atoms with Gasteiger partial charge in [-0.1, -0.05) is 34.6 Å². The van der Waals surface area contributed by atoms with Gasteiger partial charge in [-0.15, -0.1) is 11.3 Å². The van der Waals surface area contributed by atoms with Crippen molar-refractivity contribution in [3.8, 4) is 0 Å². The van der Waals surface area contributed by atoms with E-state index in [9.17, 15) is 0 Å². The molecule has 0 aromatic carbocycles. The molecule has 0 radical (unpaired) electrons. The molecule has 1 atom stereocenters. The molecule has 1 aromatic rings. The highest BCUT2D eigenvalue weighted by Crippen LogP contribution is 2.24. The molecular formula is C20H37N5S. The average Bonchev–Trinajstić information content (AvgIpc) is 3.26. The van der Waals surface area contributed by atoms with Crippen LogP contribution in [-0.2, 0) is 11.8 Å². The molecule has 2 heterocycles. The van der Waals surface area contributed by atoms with E-state index in [1.54, 1.807) is 11.3 Å². The summed E-state index contributed by atoms with van der Waals surface area (Å²) in [7, 11) is 1.89. The van der Waals surface area contributed by atoms with Gasteiger partial charge in [0.15, 0.2) is 5.96 Å². The molecule has 0 spiro atoms. The minimum absolute atomic E-state index is 0.133. The lowest BCUT2D eigenvalue weighted by Gasteiger charge is -2.24. The molecule has 1 aliphatic heterocycles. The first-order valence-electron chi connectivity index (χ1n) is 10.00. The normalized spacial score (nSPS) is 18.8. The van der Waals surface area contributed by atoms with Crippen LogP contribution < -0.4 is 5.32 Å². The van der Waals surface area contributed by atoms with Gasteiger partial charge in [0.25, 0.3) is 0 Å². The molecule has 0 saturated carbocycles. The predicted molar refractivity (Wildman–Crippen MR) is 113 cm³/mol. The lowest BCUT2D eigenvalue weighted by atomic mass is 9.93. The first-order chi connectivity index (χ1) is 12.4. The number of nitrogens with one attached hydrogen (secondary N) is 1. The fourth-order valence-corrected chi connectivity index (χ4v) is 4.43. The van der Waals surface area contributed by atoms with Crippen molar-refractivity contribution in [3.05, 3.63) is 16.1 Å². The fraction of sp³-hybridized carbons (Fsp3) is 0.800. The molecule has 0 aliphatic carbocycles. The van der Waals surface area contributed by atoms with Crippen molar-refractivity contribution < 1.29 is 0 Å². The molecule has 26 heavy (non-hydrogen) atoms. The lowest BCUT2D eigenvalue weighted by molar-refractivity contribution is 0.255. The van der Waals surface area contributed by atoms with Crippen molar-refractivity contribution in [3.63, 3.8) is 0 Å². The van der Waals surface area contributed by atoms with Gasteiger partial charge in [-0.2, -0.15) is 0 Å². The van der Waals surface area contributed by atoms with Crippen molar-refractivity contribution >= 4 is 17.3 Å². The topological polar surface area (TPSA) is 43.8 Å². The van der Waals surface area contributed by atoms with E-state index >= 15 is 0 Å². The number of aromatic nitrogens is 1. The second-order valence-electron chi connectivity index (χ2n) is 8.19. The Hall–Kier alpha value is -1.14. The smallest absolute Gasteiger partial charge is 0.193 e. The van der Waals surface area contributed by atoms with Crippen LogP contribution in [0.15, 0.2) is 10.4 Å². The molecular weight excluding hydrogens is 342 g/mol. The van der Waals surface area contributed by atoms with E-state index in [-0.39, 0.29) is 5.41 Å². The maximum atomic E-state index is 4.78. The molecule has 1 aliphatic rings. The maximum Gasteiger partial charge on any atom is 0.193 e. The summed E-state index contributed by atoms with van der Waals surface area (Å²) < 4.78 is 0. The lowest BCUT2D eigenvalue weighted by Crippen LogP contribution is -2.41. The standard InChI is InChI=1S/C20H37N5S/c1-7-24(8-2)13-16-10-12-25(14-16)19(21-6)22-11-9-18-23-17(15-26-18)20(3,4)5/h15-16H,7-14H2,1-6H3,(H,21,22). The number of guanidine groups is 1. The van der Waals surface area contributed by atoms with Gasteiger partial charge in [0, 0.05) is 50.4 Å². The van der Waals surface area contributed by atoms with Gasteiger partial charge in [-0.05, 0) is 25.4 Å². The van der Waals surface area contributed by atoms with Crippen molar-refractivity contribution in [2.75, 3.05) is 46.3 Å². The Labute approximate surface area is 163 Å². The van der Waals surface area contributed by atoms with Crippen LogP contribution in [0, 0.1) is 5.92 Å². The van der Waals surface area contributed by atoms with Crippen molar-refractivity contribution in [1.29, 1.82) is 0 Å². The number of aliphatic imine (C=N–C) groups is 1. The summed E-state index contributed by atoms with van der Waals surface area (Å²) in [4.78, 5) is 14.2. The molecule has 1 N–H and O–H groups in total. The van der Waals surface area contributed by atoms with Crippen molar-refractivity contribution in [2.45, 2.75) is 52.9 Å². The SMILES string of the molecule is CCN(CC)CC1CCN(C(=NC)NCCc2nc(C(C)(C)C)cs2)C1. The second-order valence-corrected chi connectivity index (χ2v) is 9.13. The second kappa shape index (κ2) is 9.70. The van der Waals surface area contributed by atoms with Crippen LogP contribution in [0.5, 0.6) is 0 Å². The van der Waals surface area contributed by atoms with Gasteiger partial charge >= 0.3 is 0 Å². The molecule has 6 heteroatoms. The first kappa shape index (κ1) is 21.2. The zero-order valence-corrected chi connectivity index (χ0v) is 18.3. The number of hydrogen-bond acceptors (Lipinski definition) is 4. The van der Waals surface area contributed by atoms with Crippen LogP contribution in [0.25, 0.3) is 0 Å². The summed E-state index contributed by atoms with van der Waals surface area (Å²) in [6, 6.07) is 0. The number of hydrogen-bond donors (Lipinski definition) is 1. The Kier molecular flexibility index (Phi) is 7.89. The van der Waals surface area contributed by atoms with Crippen LogP contribution in [0.2, 0.25) is 0 Å². The molecule has 0 bridgehead atoms. The highest BCUT2D eigenvalue weighted by molar-refractivity contribution is 7.09. The zero-order chi connectivity index (χ0) is 19.2. The Morgan fingerprint density at radius 2 is 2.12 bits per heavy atom.